The molecular weight excluding hydrogens is 362 g/mol. The van der Waals surface area contributed by atoms with Crippen LogP contribution >= 0.6 is 0 Å². The lowest BCUT2D eigenvalue weighted by Crippen LogP contribution is -2.36. The van der Waals surface area contributed by atoms with Gasteiger partial charge in [0.15, 0.2) is 0 Å². The van der Waals surface area contributed by atoms with Crippen molar-refractivity contribution in [1.29, 1.82) is 0 Å². The molecule has 1 amide bonds. The Hall–Kier alpha value is -1.44. The average molecular weight is 394 g/mol. The molecule has 2 aliphatic heterocycles. The van der Waals surface area contributed by atoms with Gasteiger partial charge in [-0.3, -0.25) is 4.79 Å². The highest BCUT2D eigenvalue weighted by molar-refractivity contribution is 7.89. The Labute approximate surface area is 163 Å². The van der Waals surface area contributed by atoms with E-state index in [1.807, 2.05) is 0 Å². The molecule has 2 heterocycles. The minimum Gasteiger partial charge on any atom is -0.352 e. The predicted octanol–water partition coefficient (Wildman–Crippen LogP) is 2.32. The van der Waals surface area contributed by atoms with Crippen LogP contribution in [0.4, 0.5) is 0 Å². The van der Waals surface area contributed by atoms with Crippen molar-refractivity contribution >= 4 is 15.9 Å². The smallest absolute Gasteiger partial charge is 0.251 e. The number of hydrogen-bond acceptors (Lipinski definition) is 4. The zero-order chi connectivity index (χ0) is 19.3. The molecule has 0 bridgehead atoms. The third-order valence-electron chi connectivity index (χ3n) is 5.50. The maximum Gasteiger partial charge on any atom is 0.251 e. The van der Waals surface area contributed by atoms with E-state index >= 15 is 0 Å². The largest absolute Gasteiger partial charge is 0.352 e. The molecule has 0 radical (unpaired) electrons. The number of rotatable bonds is 7. The van der Waals surface area contributed by atoms with Gasteiger partial charge in [0.25, 0.3) is 5.91 Å². The summed E-state index contributed by atoms with van der Waals surface area (Å²) in [5.74, 6) is 0.621. The normalized spacial score (nSPS) is 22.0. The van der Waals surface area contributed by atoms with Crippen molar-refractivity contribution in [1.82, 2.24) is 14.5 Å². The topological polar surface area (TPSA) is 69.7 Å². The zero-order valence-electron chi connectivity index (χ0n) is 16.2. The van der Waals surface area contributed by atoms with Gasteiger partial charge in [0.2, 0.25) is 10.0 Å². The maximum absolute atomic E-state index is 12.5. The Morgan fingerprint density at radius 3 is 2.48 bits per heavy atom. The first-order valence-electron chi connectivity index (χ1n) is 10.1. The third kappa shape index (κ3) is 5.30. The van der Waals surface area contributed by atoms with Gasteiger partial charge in [0.05, 0.1) is 4.90 Å². The highest BCUT2D eigenvalue weighted by Crippen LogP contribution is 2.21. The van der Waals surface area contributed by atoms with Gasteiger partial charge in [-0.15, -0.1) is 0 Å². The molecule has 1 aromatic rings. The van der Waals surface area contributed by atoms with Gasteiger partial charge in [0.1, 0.15) is 0 Å². The van der Waals surface area contributed by atoms with Crippen LogP contribution in [0.1, 0.15) is 49.4 Å². The number of sulfonamides is 1. The summed E-state index contributed by atoms with van der Waals surface area (Å²) in [6.45, 7) is 7.42. The van der Waals surface area contributed by atoms with Gasteiger partial charge < -0.3 is 10.2 Å². The van der Waals surface area contributed by atoms with Gasteiger partial charge in [0, 0.05) is 31.7 Å². The fourth-order valence-corrected chi connectivity index (χ4v) is 5.47. The fraction of sp³-hybridized carbons (Fsp3) is 0.650. The van der Waals surface area contributed by atoms with E-state index in [-0.39, 0.29) is 10.8 Å². The van der Waals surface area contributed by atoms with E-state index in [1.165, 1.54) is 29.3 Å². The first-order chi connectivity index (χ1) is 13.0. The molecule has 0 saturated carbocycles. The van der Waals surface area contributed by atoms with Crippen LogP contribution < -0.4 is 5.32 Å². The molecule has 2 aliphatic rings. The summed E-state index contributed by atoms with van der Waals surface area (Å²) in [7, 11) is -3.42. The molecule has 0 aliphatic carbocycles. The monoisotopic (exact) mass is 393 g/mol. The molecule has 0 unspecified atom stereocenters. The van der Waals surface area contributed by atoms with Gasteiger partial charge in [-0.1, -0.05) is 6.92 Å². The lowest BCUT2D eigenvalue weighted by atomic mass is 10.0. The van der Waals surface area contributed by atoms with Crippen LogP contribution in [0.25, 0.3) is 0 Å². The third-order valence-corrected chi connectivity index (χ3v) is 7.41. The van der Waals surface area contributed by atoms with Crippen molar-refractivity contribution < 1.29 is 13.2 Å². The average Bonchev–Trinajstić information content (AvgIpc) is 3.21. The van der Waals surface area contributed by atoms with E-state index < -0.39 is 10.0 Å². The van der Waals surface area contributed by atoms with Crippen molar-refractivity contribution in [3.8, 4) is 0 Å². The number of amides is 1. The Bertz CT molecular complexity index is 727. The highest BCUT2D eigenvalue weighted by Gasteiger charge is 2.27. The molecule has 6 nitrogen and oxygen atoms in total. The molecule has 0 spiro atoms. The summed E-state index contributed by atoms with van der Waals surface area (Å²) in [6.07, 6.45) is 5.34. The van der Waals surface area contributed by atoms with Crippen LogP contribution in [-0.4, -0.2) is 62.8 Å². The SMILES string of the molecule is C[C@H]1CCCN(CCCNC(=O)c2ccc(S(=O)(=O)N3CCCC3)cc2)C1. The van der Waals surface area contributed by atoms with Gasteiger partial charge in [-0.25, -0.2) is 8.42 Å². The van der Waals surface area contributed by atoms with Crippen molar-refractivity contribution in [2.24, 2.45) is 5.92 Å². The van der Waals surface area contributed by atoms with Crippen LogP contribution in [-0.2, 0) is 10.0 Å². The quantitative estimate of drug-likeness (QED) is 0.722. The van der Waals surface area contributed by atoms with Gasteiger partial charge in [-0.05, 0) is 75.4 Å². The summed E-state index contributed by atoms with van der Waals surface area (Å²) in [4.78, 5) is 15.0. The van der Waals surface area contributed by atoms with Crippen molar-refractivity contribution in [3.63, 3.8) is 0 Å². The van der Waals surface area contributed by atoms with E-state index in [1.54, 1.807) is 12.1 Å². The predicted molar refractivity (Wildman–Crippen MR) is 106 cm³/mol. The van der Waals surface area contributed by atoms with E-state index in [2.05, 4.69) is 17.1 Å². The molecule has 150 valence electrons. The second-order valence-corrected chi connectivity index (χ2v) is 9.73. The second-order valence-electron chi connectivity index (χ2n) is 7.79. The number of nitrogens with zero attached hydrogens (tertiary/aromatic N) is 2. The number of carbonyl (C=O) groups is 1. The molecule has 1 aromatic carbocycles. The van der Waals surface area contributed by atoms with Crippen molar-refractivity contribution in [2.75, 3.05) is 39.3 Å². The minimum absolute atomic E-state index is 0.146. The standard InChI is InChI=1S/C20H31N3O3S/c1-17-6-4-12-22(16-17)13-5-11-21-20(24)18-7-9-19(10-8-18)27(25,26)23-14-2-3-15-23/h7-10,17H,2-6,11-16H2,1H3,(H,21,24)/t17-/m0/s1. The van der Waals surface area contributed by atoms with E-state index in [9.17, 15) is 13.2 Å². The van der Waals surface area contributed by atoms with Crippen LogP contribution in [0.3, 0.4) is 0 Å². The second kappa shape index (κ2) is 9.17. The molecule has 2 fully saturated rings. The Morgan fingerprint density at radius 2 is 1.81 bits per heavy atom. The number of hydrogen-bond donors (Lipinski definition) is 1. The molecular formula is C20H31N3O3S. The van der Waals surface area contributed by atoms with E-state index in [0.717, 1.165) is 44.8 Å². The number of nitrogens with one attached hydrogen (secondary N) is 1. The van der Waals surface area contributed by atoms with Crippen LogP contribution in [0.5, 0.6) is 0 Å². The molecule has 27 heavy (non-hydrogen) atoms. The lowest BCUT2D eigenvalue weighted by molar-refractivity contribution is 0.0950. The zero-order valence-corrected chi connectivity index (χ0v) is 17.0. The summed E-state index contributed by atoms with van der Waals surface area (Å²) in [6, 6.07) is 6.28. The molecule has 1 atom stereocenters. The van der Waals surface area contributed by atoms with E-state index in [0.29, 0.717) is 25.2 Å². The lowest BCUT2D eigenvalue weighted by Gasteiger charge is -2.30. The van der Waals surface area contributed by atoms with Gasteiger partial charge in [-0.2, -0.15) is 4.31 Å². The Kier molecular flexibility index (Phi) is 6.89. The number of carbonyl (C=O) groups excluding carboxylic acids is 1. The molecule has 1 N–H and O–H groups in total. The van der Waals surface area contributed by atoms with Crippen LogP contribution in [0.15, 0.2) is 29.2 Å². The number of piperidine rings is 1. The fourth-order valence-electron chi connectivity index (χ4n) is 3.95. The summed E-state index contributed by atoms with van der Waals surface area (Å²) in [5, 5.41) is 2.94. The minimum atomic E-state index is -3.42. The highest BCUT2D eigenvalue weighted by atomic mass is 32.2. The first kappa shape index (κ1) is 20.3. The summed E-state index contributed by atoms with van der Waals surface area (Å²) < 4.78 is 26.6. The van der Waals surface area contributed by atoms with Gasteiger partial charge >= 0.3 is 0 Å². The number of benzene rings is 1. The molecule has 0 aromatic heterocycles. The summed E-state index contributed by atoms with van der Waals surface area (Å²) in [5.41, 5.74) is 0.502. The molecule has 2 saturated heterocycles. The molecule has 7 heteroatoms. The van der Waals surface area contributed by atoms with Crippen LogP contribution in [0.2, 0.25) is 0 Å². The Balaban J connectivity index is 1.46. The maximum atomic E-state index is 12.5. The summed E-state index contributed by atoms with van der Waals surface area (Å²) >= 11 is 0. The molecule has 3 rings (SSSR count). The Morgan fingerprint density at radius 1 is 1.11 bits per heavy atom. The number of likely N-dealkylation sites (tertiary alicyclic amines) is 1. The van der Waals surface area contributed by atoms with Crippen molar-refractivity contribution in [2.45, 2.75) is 43.9 Å². The van der Waals surface area contributed by atoms with E-state index in [4.69, 9.17) is 0 Å². The van der Waals surface area contributed by atoms with Crippen LogP contribution in [0, 0.1) is 5.92 Å². The van der Waals surface area contributed by atoms with Crippen molar-refractivity contribution in [3.05, 3.63) is 29.8 Å². The first-order valence-corrected chi connectivity index (χ1v) is 11.5.